The molecule has 2 rings (SSSR count). The second-order valence-electron chi connectivity index (χ2n) is 4.60. The van der Waals surface area contributed by atoms with E-state index >= 15 is 0 Å². The summed E-state index contributed by atoms with van der Waals surface area (Å²) in [4.78, 5) is 11.9. The van der Waals surface area contributed by atoms with Crippen molar-refractivity contribution in [2.45, 2.75) is 31.7 Å². The molecule has 1 amide bonds. The smallest absolute Gasteiger partial charge is 0.251 e. The number of carbonyl (C=O) groups excluding carboxylic acids is 1. The van der Waals surface area contributed by atoms with Gasteiger partial charge in [0.1, 0.15) is 0 Å². The van der Waals surface area contributed by atoms with E-state index in [2.05, 4.69) is 28.2 Å². The highest BCUT2D eigenvalue weighted by Gasteiger charge is 2.33. The lowest BCUT2D eigenvalue weighted by molar-refractivity contribution is 0.0850. The van der Waals surface area contributed by atoms with E-state index in [9.17, 15) is 4.79 Å². The van der Waals surface area contributed by atoms with E-state index in [4.69, 9.17) is 5.73 Å². The molecular weight excluding hydrogens is 268 g/mol. The van der Waals surface area contributed by atoms with Gasteiger partial charge in [-0.05, 0) is 60.3 Å². The fourth-order valence-electron chi connectivity index (χ4n) is 1.86. The number of anilines is 1. The van der Waals surface area contributed by atoms with Crippen LogP contribution in [0.3, 0.4) is 0 Å². The minimum Gasteiger partial charge on any atom is -0.398 e. The molecule has 1 fully saturated rings. The van der Waals surface area contributed by atoms with Crippen LogP contribution in [0.1, 0.15) is 36.5 Å². The first-order chi connectivity index (χ1) is 7.50. The van der Waals surface area contributed by atoms with Crippen molar-refractivity contribution in [2.24, 2.45) is 0 Å². The Morgan fingerprint density at radius 3 is 2.69 bits per heavy atom. The zero-order valence-corrected chi connectivity index (χ0v) is 10.8. The van der Waals surface area contributed by atoms with E-state index in [0.29, 0.717) is 11.3 Å². The lowest BCUT2D eigenvalue weighted by Gasteiger charge is -2.39. The molecule has 4 heteroatoms. The lowest BCUT2D eigenvalue weighted by Crippen LogP contribution is -2.50. The van der Waals surface area contributed by atoms with Gasteiger partial charge in [-0.3, -0.25) is 4.79 Å². The van der Waals surface area contributed by atoms with Crippen LogP contribution >= 0.6 is 15.9 Å². The Hall–Kier alpha value is -1.03. The van der Waals surface area contributed by atoms with Crippen LogP contribution in [0.5, 0.6) is 0 Å². The molecule has 0 atom stereocenters. The normalized spacial score (nSPS) is 17.6. The molecule has 0 unspecified atom stereocenters. The van der Waals surface area contributed by atoms with Crippen molar-refractivity contribution in [1.82, 2.24) is 5.32 Å². The van der Waals surface area contributed by atoms with E-state index < -0.39 is 0 Å². The summed E-state index contributed by atoms with van der Waals surface area (Å²) >= 11 is 3.31. The Balaban J connectivity index is 2.11. The number of amides is 1. The summed E-state index contributed by atoms with van der Waals surface area (Å²) in [7, 11) is 0. The van der Waals surface area contributed by atoms with Gasteiger partial charge >= 0.3 is 0 Å². The number of nitrogens with one attached hydrogen (secondary N) is 1. The van der Waals surface area contributed by atoms with Crippen molar-refractivity contribution in [3.63, 3.8) is 0 Å². The zero-order chi connectivity index (χ0) is 11.8. The largest absolute Gasteiger partial charge is 0.398 e. The van der Waals surface area contributed by atoms with Crippen molar-refractivity contribution in [3.8, 4) is 0 Å². The number of nitrogens with two attached hydrogens (primary N) is 1. The topological polar surface area (TPSA) is 55.1 Å². The van der Waals surface area contributed by atoms with Gasteiger partial charge in [-0.15, -0.1) is 0 Å². The van der Waals surface area contributed by atoms with E-state index in [0.717, 1.165) is 17.3 Å². The summed E-state index contributed by atoms with van der Waals surface area (Å²) in [6, 6.07) is 5.27. The van der Waals surface area contributed by atoms with Crippen molar-refractivity contribution in [3.05, 3.63) is 28.2 Å². The molecule has 1 aromatic rings. The molecule has 0 saturated heterocycles. The second-order valence-corrected chi connectivity index (χ2v) is 5.46. The predicted octanol–water partition coefficient (Wildman–Crippen LogP) is 2.70. The average molecular weight is 283 g/mol. The quantitative estimate of drug-likeness (QED) is 0.820. The van der Waals surface area contributed by atoms with Crippen LogP contribution in [0.15, 0.2) is 22.7 Å². The van der Waals surface area contributed by atoms with Gasteiger partial charge in [-0.1, -0.05) is 0 Å². The molecule has 0 bridgehead atoms. The van der Waals surface area contributed by atoms with Gasteiger partial charge in [0.2, 0.25) is 0 Å². The number of hydrogen-bond donors (Lipinski definition) is 2. The molecule has 1 aromatic carbocycles. The molecular formula is C12H15BrN2O. The van der Waals surface area contributed by atoms with Gasteiger partial charge in [-0.2, -0.15) is 0 Å². The average Bonchev–Trinajstić information content (AvgIpc) is 2.19. The van der Waals surface area contributed by atoms with Gasteiger partial charge in [0.05, 0.1) is 0 Å². The minimum absolute atomic E-state index is 0.0150. The lowest BCUT2D eigenvalue weighted by atomic mass is 9.78. The molecule has 0 spiro atoms. The van der Waals surface area contributed by atoms with Crippen LogP contribution in [-0.2, 0) is 0 Å². The molecule has 0 heterocycles. The number of halogens is 1. The number of benzene rings is 1. The Morgan fingerprint density at radius 2 is 2.19 bits per heavy atom. The fourth-order valence-corrected chi connectivity index (χ4v) is 2.11. The van der Waals surface area contributed by atoms with Crippen LogP contribution < -0.4 is 11.1 Å². The van der Waals surface area contributed by atoms with Gasteiger partial charge in [0, 0.05) is 21.3 Å². The molecule has 1 aliphatic carbocycles. The summed E-state index contributed by atoms with van der Waals surface area (Å²) in [6.45, 7) is 2.08. The Bertz CT molecular complexity index is 427. The first-order valence-corrected chi connectivity index (χ1v) is 6.17. The molecule has 1 aliphatic rings. The van der Waals surface area contributed by atoms with Crippen LogP contribution in [0, 0.1) is 0 Å². The van der Waals surface area contributed by atoms with Crippen LogP contribution in [0.25, 0.3) is 0 Å². The van der Waals surface area contributed by atoms with E-state index in [-0.39, 0.29) is 11.4 Å². The minimum atomic E-state index is -0.0404. The third-order valence-electron chi connectivity index (χ3n) is 3.13. The molecule has 0 aromatic heterocycles. The molecule has 3 N–H and O–H groups in total. The standard InChI is InChI=1S/C12H15BrN2O/c1-12(5-2-6-12)15-11(16)8-3-4-9(13)10(14)7-8/h3-4,7H,2,5-6,14H2,1H3,(H,15,16). The number of carbonyl (C=O) groups is 1. The Morgan fingerprint density at radius 1 is 1.50 bits per heavy atom. The van der Waals surface area contributed by atoms with Gasteiger partial charge in [-0.25, -0.2) is 0 Å². The van der Waals surface area contributed by atoms with Gasteiger partial charge in [0.15, 0.2) is 0 Å². The molecule has 16 heavy (non-hydrogen) atoms. The zero-order valence-electron chi connectivity index (χ0n) is 9.22. The second kappa shape index (κ2) is 4.09. The maximum absolute atomic E-state index is 11.9. The van der Waals surface area contributed by atoms with Crippen molar-refractivity contribution >= 4 is 27.5 Å². The maximum atomic E-state index is 11.9. The first kappa shape index (κ1) is 11.5. The van der Waals surface area contributed by atoms with Crippen molar-refractivity contribution in [2.75, 3.05) is 5.73 Å². The van der Waals surface area contributed by atoms with Crippen LogP contribution in [-0.4, -0.2) is 11.4 Å². The highest BCUT2D eigenvalue weighted by molar-refractivity contribution is 9.10. The van der Waals surface area contributed by atoms with E-state index in [1.54, 1.807) is 18.2 Å². The van der Waals surface area contributed by atoms with E-state index in [1.165, 1.54) is 6.42 Å². The Labute approximate surface area is 104 Å². The third kappa shape index (κ3) is 2.21. The van der Waals surface area contributed by atoms with Crippen LogP contribution in [0.4, 0.5) is 5.69 Å². The summed E-state index contributed by atoms with van der Waals surface area (Å²) in [6.07, 6.45) is 3.31. The van der Waals surface area contributed by atoms with Gasteiger partial charge < -0.3 is 11.1 Å². The SMILES string of the molecule is CC1(NC(=O)c2ccc(Br)c(N)c2)CCC1. The predicted molar refractivity (Wildman–Crippen MR) is 68.3 cm³/mol. The number of nitrogen functional groups attached to an aromatic ring is 1. The highest BCUT2D eigenvalue weighted by atomic mass is 79.9. The van der Waals surface area contributed by atoms with Crippen molar-refractivity contribution in [1.29, 1.82) is 0 Å². The number of rotatable bonds is 2. The Kier molecular flexibility index (Phi) is 2.93. The summed E-state index contributed by atoms with van der Waals surface area (Å²) in [5.41, 5.74) is 6.94. The first-order valence-electron chi connectivity index (χ1n) is 5.38. The highest BCUT2D eigenvalue weighted by Crippen LogP contribution is 2.31. The summed E-state index contributed by atoms with van der Waals surface area (Å²) < 4.78 is 0.818. The molecule has 0 radical (unpaired) electrons. The maximum Gasteiger partial charge on any atom is 0.251 e. The van der Waals surface area contributed by atoms with Crippen LogP contribution in [0.2, 0.25) is 0 Å². The molecule has 0 aliphatic heterocycles. The fraction of sp³-hybridized carbons (Fsp3) is 0.417. The van der Waals surface area contributed by atoms with Gasteiger partial charge in [0.25, 0.3) is 5.91 Å². The third-order valence-corrected chi connectivity index (χ3v) is 3.85. The van der Waals surface area contributed by atoms with Crippen molar-refractivity contribution < 1.29 is 4.79 Å². The molecule has 86 valence electrons. The monoisotopic (exact) mass is 282 g/mol. The summed E-state index contributed by atoms with van der Waals surface area (Å²) in [5, 5.41) is 3.05. The molecule has 3 nitrogen and oxygen atoms in total. The number of hydrogen-bond acceptors (Lipinski definition) is 2. The van der Waals surface area contributed by atoms with E-state index in [1.807, 2.05) is 0 Å². The molecule has 1 saturated carbocycles. The summed E-state index contributed by atoms with van der Waals surface area (Å²) in [5.74, 6) is -0.0404.